The van der Waals surface area contributed by atoms with Gasteiger partial charge in [0.15, 0.2) is 5.89 Å². The number of aliphatic carboxylic acids is 1. The van der Waals surface area contributed by atoms with Crippen LogP contribution in [0.3, 0.4) is 0 Å². The van der Waals surface area contributed by atoms with E-state index in [1.165, 1.54) is 0 Å². The lowest BCUT2D eigenvalue weighted by molar-refractivity contribution is -0.190. The second-order valence-corrected chi connectivity index (χ2v) is 6.18. The van der Waals surface area contributed by atoms with E-state index in [9.17, 15) is 14.7 Å². The molecule has 2 atom stereocenters. The zero-order valence-electron chi connectivity index (χ0n) is 13.5. The number of carboxylic acids is 1. The fraction of sp³-hybridized carbons (Fsp3) is 0.667. The minimum Gasteiger partial charge on any atom is -0.479 e. The maximum atomic E-state index is 12.4. The fourth-order valence-corrected chi connectivity index (χ4v) is 3.03. The molecule has 22 heavy (non-hydrogen) atoms. The Bertz CT molecular complexity index is 607. The number of rotatable bonds is 5. The summed E-state index contributed by atoms with van der Waals surface area (Å²) in [6.07, 6.45) is 0.00705. The van der Waals surface area contributed by atoms with Crippen LogP contribution < -0.4 is 5.32 Å². The van der Waals surface area contributed by atoms with E-state index in [0.29, 0.717) is 18.2 Å². The van der Waals surface area contributed by atoms with Crippen LogP contribution in [0.1, 0.15) is 49.3 Å². The average molecular weight is 310 g/mol. The molecule has 0 aliphatic heterocycles. The van der Waals surface area contributed by atoms with Gasteiger partial charge in [0.1, 0.15) is 5.54 Å². The Balaban J connectivity index is 2.26. The van der Waals surface area contributed by atoms with Crippen molar-refractivity contribution in [2.24, 2.45) is 5.41 Å². The van der Waals surface area contributed by atoms with E-state index >= 15 is 0 Å². The molecule has 2 unspecified atom stereocenters. The summed E-state index contributed by atoms with van der Waals surface area (Å²) in [4.78, 5) is 28.2. The first kappa shape index (κ1) is 16.5. The Morgan fingerprint density at radius 2 is 2.09 bits per heavy atom. The molecule has 0 aromatic carbocycles. The highest BCUT2D eigenvalue weighted by Crippen LogP contribution is 2.51. The van der Waals surface area contributed by atoms with Crippen LogP contribution in [0.4, 0.5) is 0 Å². The van der Waals surface area contributed by atoms with E-state index < -0.39 is 22.8 Å². The minimum absolute atomic E-state index is 0.0498. The first-order valence-electron chi connectivity index (χ1n) is 7.27. The zero-order valence-corrected chi connectivity index (χ0v) is 13.5. The van der Waals surface area contributed by atoms with E-state index in [1.807, 2.05) is 6.92 Å². The molecule has 7 heteroatoms. The second kappa shape index (κ2) is 5.39. The van der Waals surface area contributed by atoms with Gasteiger partial charge in [-0.3, -0.25) is 4.79 Å². The molecule has 2 N–H and O–H groups in total. The minimum atomic E-state index is -1.38. The first-order chi connectivity index (χ1) is 10.2. The van der Waals surface area contributed by atoms with Gasteiger partial charge in [0, 0.05) is 25.4 Å². The van der Waals surface area contributed by atoms with Crippen molar-refractivity contribution in [1.29, 1.82) is 0 Å². The molecule has 2 rings (SSSR count). The predicted octanol–water partition coefficient (Wildman–Crippen LogP) is 1.68. The van der Waals surface area contributed by atoms with Crippen molar-refractivity contribution >= 4 is 11.9 Å². The van der Waals surface area contributed by atoms with Crippen LogP contribution in [-0.4, -0.2) is 40.2 Å². The van der Waals surface area contributed by atoms with Gasteiger partial charge in [0.05, 0.1) is 11.8 Å². The molecule has 1 saturated carbocycles. The highest BCUT2D eigenvalue weighted by molar-refractivity contribution is 5.97. The summed E-state index contributed by atoms with van der Waals surface area (Å²) in [6.45, 7) is 9.20. The SMILES string of the molecule is CCOC1CC(NC(=O)c2oc(C)nc2C)(C(=O)O)C1(C)C. The largest absolute Gasteiger partial charge is 0.479 e. The second-order valence-electron chi connectivity index (χ2n) is 6.18. The summed E-state index contributed by atoms with van der Waals surface area (Å²) in [6, 6.07) is 0. The molecule has 0 bridgehead atoms. The molecular weight excluding hydrogens is 288 g/mol. The monoisotopic (exact) mass is 310 g/mol. The van der Waals surface area contributed by atoms with E-state index in [1.54, 1.807) is 27.7 Å². The van der Waals surface area contributed by atoms with Crippen molar-refractivity contribution in [2.45, 2.75) is 52.7 Å². The lowest BCUT2D eigenvalue weighted by atomic mass is 9.54. The van der Waals surface area contributed by atoms with Crippen molar-refractivity contribution in [3.05, 3.63) is 17.3 Å². The van der Waals surface area contributed by atoms with Crippen LogP contribution in [0, 0.1) is 19.3 Å². The molecule has 0 saturated heterocycles. The number of ether oxygens (including phenoxy) is 1. The van der Waals surface area contributed by atoms with Gasteiger partial charge < -0.3 is 19.6 Å². The van der Waals surface area contributed by atoms with Gasteiger partial charge in [-0.1, -0.05) is 13.8 Å². The van der Waals surface area contributed by atoms with Crippen LogP contribution in [-0.2, 0) is 9.53 Å². The van der Waals surface area contributed by atoms with Crippen molar-refractivity contribution in [1.82, 2.24) is 10.3 Å². The third-order valence-corrected chi connectivity index (χ3v) is 4.57. The van der Waals surface area contributed by atoms with Gasteiger partial charge in [0.2, 0.25) is 5.76 Å². The van der Waals surface area contributed by atoms with E-state index in [4.69, 9.17) is 9.15 Å². The van der Waals surface area contributed by atoms with Crippen LogP contribution in [0.15, 0.2) is 4.42 Å². The van der Waals surface area contributed by atoms with Crippen molar-refractivity contribution in [3.63, 3.8) is 0 Å². The zero-order chi connectivity index (χ0) is 16.7. The molecule has 1 aliphatic rings. The number of hydrogen-bond acceptors (Lipinski definition) is 5. The Labute approximate surface area is 129 Å². The number of nitrogens with zero attached hydrogens (tertiary/aromatic N) is 1. The van der Waals surface area contributed by atoms with Gasteiger partial charge in [-0.25, -0.2) is 9.78 Å². The number of carbonyl (C=O) groups is 2. The third-order valence-electron chi connectivity index (χ3n) is 4.57. The van der Waals surface area contributed by atoms with Crippen LogP contribution in [0.25, 0.3) is 0 Å². The molecule has 0 spiro atoms. The quantitative estimate of drug-likeness (QED) is 0.858. The van der Waals surface area contributed by atoms with Gasteiger partial charge >= 0.3 is 5.97 Å². The summed E-state index contributed by atoms with van der Waals surface area (Å²) in [5.74, 6) is -1.22. The summed E-state index contributed by atoms with van der Waals surface area (Å²) in [5.41, 5.74) is -1.67. The molecular formula is C15H22N2O5. The standard InChI is InChI=1S/C15H22N2O5/c1-6-21-10-7-15(13(19)20,14(10,4)5)17-12(18)11-8(2)16-9(3)22-11/h10H,6-7H2,1-5H3,(H,17,18)(H,19,20). The number of hydrogen-bond donors (Lipinski definition) is 2. The topological polar surface area (TPSA) is 102 Å². The number of nitrogens with one attached hydrogen (secondary N) is 1. The number of aromatic nitrogens is 1. The number of amides is 1. The van der Waals surface area contributed by atoms with Crippen molar-refractivity contribution in [3.8, 4) is 0 Å². The van der Waals surface area contributed by atoms with Crippen LogP contribution in [0.5, 0.6) is 0 Å². The molecule has 7 nitrogen and oxygen atoms in total. The Kier molecular flexibility index (Phi) is 4.04. The first-order valence-corrected chi connectivity index (χ1v) is 7.27. The maximum absolute atomic E-state index is 12.4. The number of oxazole rings is 1. The Hall–Kier alpha value is -1.89. The van der Waals surface area contributed by atoms with Crippen molar-refractivity contribution < 1.29 is 23.8 Å². The summed E-state index contributed by atoms with van der Waals surface area (Å²) >= 11 is 0. The van der Waals surface area contributed by atoms with Gasteiger partial charge in [-0.2, -0.15) is 0 Å². The van der Waals surface area contributed by atoms with Gasteiger partial charge in [0.25, 0.3) is 5.91 Å². The highest BCUT2D eigenvalue weighted by Gasteiger charge is 2.66. The highest BCUT2D eigenvalue weighted by atomic mass is 16.5. The van der Waals surface area contributed by atoms with Crippen LogP contribution in [0.2, 0.25) is 0 Å². The number of carboxylic acid groups (broad SMARTS) is 1. The third kappa shape index (κ3) is 2.29. The van der Waals surface area contributed by atoms with E-state index in [0.717, 1.165) is 0 Å². The molecule has 1 amide bonds. The molecule has 1 fully saturated rings. The molecule has 1 aromatic rings. The molecule has 0 radical (unpaired) electrons. The van der Waals surface area contributed by atoms with Gasteiger partial charge in [-0.15, -0.1) is 0 Å². The summed E-state index contributed by atoms with van der Waals surface area (Å²) < 4.78 is 10.8. The van der Waals surface area contributed by atoms with E-state index in [2.05, 4.69) is 10.3 Å². The Morgan fingerprint density at radius 1 is 1.45 bits per heavy atom. The Morgan fingerprint density at radius 3 is 2.50 bits per heavy atom. The van der Waals surface area contributed by atoms with E-state index in [-0.39, 0.29) is 18.3 Å². The fourth-order valence-electron chi connectivity index (χ4n) is 3.03. The predicted molar refractivity (Wildman–Crippen MR) is 77.6 cm³/mol. The van der Waals surface area contributed by atoms with Crippen molar-refractivity contribution in [2.75, 3.05) is 6.61 Å². The maximum Gasteiger partial charge on any atom is 0.330 e. The lowest BCUT2D eigenvalue weighted by Gasteiger charge is -2.58. The smallest absolute Gasteiger partial charge is 0.330 e. The summed E-state index contributed by atoms with van der Waals surface area (Å²) in [5, 5.41) is 12.3. The number of aryl methyl sites for hydroxylation is 2. The molecule has 122 valence electrons. The van der Waals surface area contributed by atoms with Gasteiger partial charge in [-0.05, 0) is 13.8 Å². The number of carbonyl (C=O) groups excluding carboxylic acids is 1. The molecule has 1 aliphatic carbocycles. The average Bonchev–Trinajstić information content (AvgIpc) is 2.75. The molecule has 1 heterocycles. The lowest BCUT2D eigenvalue weighted by Crippen LogP contribution is -2.76. The normalized spacial score (nSPS) is 26.3. The summed E-state index contributed by atoms with van der Waals surface area (Å²) in [7, 11) is 0. The molecule has 1 aromatic heterocycles. The van der Waals surface area contributed by atoms with Crippen LogP contribution >= 0.6 is 0 Å².